The van der Waals surface area contributed by atoms with E-state index in [1.165, 1.54) is 11.1 Å². The second-order valence-corrected chi connectivity index (χ2v) is 8.68. The van der Waals surface area contributed by atoms with Crippen LogP contribution < -0.4 is 0 Å². The number of hydrogen-bond donors (Lipinski definition) is 1. The summed E-state index contributed by atoms with van der Waals surface area (Å²) in [6.45, 7) is 9.47. The molecule has 31 heavy (non-hydrogen) atoms. The molecule has 4 rings (SSSR count). The molecule has 0 spiro atoms. The molecule has 1 saturated heterocycles. The molecule has 1 aromatic heterocycles. The summed E-state index contributed by atoms with van der Waals surface area (Å²) in [5.74, 6) is 0. The van der Waals surface area contributed by atoms with Gasteiger partial charge in [0.05, 0.1) is 11.4 Å². The van der Waals surface area contributed by atoms with E-state index >= 15 is 0 Å². The number of aliphatic hydroxyl groups excluding tert-OH is 1. The zero-order valence-corrected chi connectivity index (χ0v) is 18.7. The van der Waals surface area contributed by atoms with Gasteiger partial charge < -0.3 is 5.11 Å². The minimum absolute atomic E-state index is 0.244. The summed E-state index contributed by atoms with van der Waals surface area (Å²) in [4.78, 5) is 5.09. The van der Waals surface area contributed by atoms with Crippen molar-refractivity contribution in [1.29, 1.82) is 0 Å². The highest BCUT2D eigenvalue weighted by molar-refractivity contribution is 5.37. The Morgan fingerprint density at radius 3 is 2.52 bits per heavy atom. The third kappa shape index (κ3) is 5.62. The van der Waals surface area contributed by atoms with E-state index in [9.17, 15) is 5.11 Å². The maximum Gasteiger partial charge on any atom is 0.0651 e. The first-order valence-corrected chi connectivity index (χ1v) is 11.4. The van der Waals surface area contributed by atoms with E-state index in [4.69, 9.17) is 0 Å². The van der Waals surface area contributed by atoms with Crippen molar-refractivity contribution in [3.05, 3.63) is 83.2 Å². The van der Waals surface area contributed by atoms with Gasteiger partial charge in [-0.1, -0.05) is 42.5 Å². The highest BCUT2D eigenvalue weighted by atomic mass is 16.3. The molecule has 0 bridgehead atoms. The van der Waals surface area contributed by atoms with Crippen molar-refractivity contribution < 1.29 is 5.11 Å². The van der Waals surface area contributed by atoms with E-state index in [1.54, 1.807) is 0 Å². The number of rotatable bonds is 8. The van der Waals surface area contributed by atoms with Crippen LogP contribution in [0.5, 0.6) is 0 Å². The molecule has 1 unspecified atom stereocenters. The van der Waals surface area contributed by atoms with Crippen LogP contribution in [0.4, 0.5) is 0 Å². The van der Waals surface area contributed by atoms with Crippen LogP contribution in [0.1, 0.15) is 28.9 Å². The minimum atomic E-state index is 0.244. The van der Waals surface area contributed by atoms with Crippen LogP contribution in [0.3, 0.4) is 0 Å². The van der Waals surface area contributed by atoms with Crippen molar-refractivity contribution in [3.8, 4) is 5.69 Å². The van der Waals surface area contributed by atoms with Gasteiger partial charge >= 0.3 is 0 Å². The summed E-state index contributed by atoms with van der Waals surface area (Å²) in [5.41, 5.74) is 6.02. The monoisotopic (exact) mass is 418 g/mol. The standard InChI is InChI=1S/C26H34N4O/c1-21-17-22(2)30(27-21)25-10-6-9-24(18-25)19-28-14-15-29(26(20-28)12-16-31)13-11-23-7-4-3-5-8-23/h3-10,17-18,26,31H,11-16,19-20H2,1-2H3. The van der Waals surface area contributed by atoms with Crippen molar-refractivity contribution >= 4 is 0 Å². The summed E-state index contributed by atoms with van der Waals surface area (Å²) in [7, 11) is 0. The first kappa shape index (κ1) is 21.8. The highest BCUT2D eigenvalue weighted by Crippen LogP contribution is 2.19. The summed E-state index contributed by atoms with van der Waals surface area (Å²) in [6, 6.07) is 21.9. The molecule has 1 aliphatic rings. The van der Waals surface area contributed by atoms with E-state index in [-0.39, 0.29) is 6.61 Å². The Hall–Kier alpha value is -2.47. The molecule has 1 atom stereocenters. The Balaban J connectivity index is 1.39. The smallest absolute Gasteiger partial charge is 0.0651 e. The van der Waals surface area contributed by atoms with Gasteiger partial charge in [-0.15, -0.1) is 0 Å². The van der Waals surface area contributed by atoms with E-state index in [1.807, 2.05) is 11.6 Å². The molecule has 164 valence electrons. The number of aromatic nitrogens is 2. The lowest BCUT2D eigenvalue weighted by atomic mass is 10.1. The van der Waals surface area contributed by atoms with Crippen LogP contribution >= 0.6 is 0 Å². The number of hydrogen-bond acceptors (Lipinski definition) is 4. The van der Waals surface area contributed by atoms with Gasteiger partial charge in [-0.25, -0.2) is 4.68 Å². The lowest BCUT2D eigenvalue weighted by Gasteiger charge is -2.41. The topological polar surface area (TPSA) is 44.5 Å². The predicted octanol–water partition coefficient (Wildman–Crippen LogP) is 3.60. The second-order valence-electron chi connectivity index (χ2n) is 8.68. The zero-order valence-electron chi connectivity index (χ0n) is 18.7. The number of aryl methyl sites for hydroxylation is 2. The number of benzene rings is 2. The Morgan fingerprint density at radius 1 is 0.968 bits per heavy atom. The lowest BCUT2D eigenvalue weighted by Crippen LogP contribution is -2.53. The van der Waals surface area contributed by atoms with E-state index in [0.29, 0.717) is 6.04 Å². The molecule has 1 aliphatic heterocycles. The van der Waals surface area contributed by atoms with Gasteiger partial charge in [0, 0.05) is 51.1 Å². The van der Waals surface area contributed by atoms with Crippen LogP contribution in [0.2, 0.25) is 0 Å². The number of nitrogens with zero attached hydrogens (tertiary/aromatic N) is 4. The predicted molar refractivity (Wildman–Crippen MR) is 126 cm³/mol. The first-order chi connectivity index (χ1) is 15.1. The van der Waals surface area contributed by atoms with Crippen LogP contribution in [0.25, 0.3) is 5.69 Å². The molecule has 1 fully saturated rings. The molecule has 2 aromatic carbocycles. The number of aliphatic hydroxyl groups is 1. The van der Waals surface area contributed by atoms with Gasteiger partial charge in [-0.2, -0.15) is 5.10 Å². The van der Waals surface area contributed by atoms with Gasteiger partial charge in [-0.3, -0.25) is 9.80 Å². The SMILES string of the molecule is Cc1cc(C)n(-c2cccc(CN3CCN(CCc4ccccc4)C(CCO)C3)c2)n1. The molecule has 1 N–H and O–H groups in total. The molecule has 5 heteroatoms. The minimum Gasteiger partial charge on any atom is -0.396 e. The summed E-state index contributed by atoms with van der Waals surface area (Å²) in [5, 5.41) is 14.3. The Kier molecular flexibility index (Phi) is 7.17. The molecule has 2 heterocycles. The average molecular weight is 419 g/mol. The zero-order chi connectivity index (χ0) is 21.6. The quantitative estimate of drug-likeness (QED) is 0.607. The molecule has 3 aromatic rings. The second kappa shape index (κ2) is 10.2. The fourth-order valence-corrected chi connectivity index (χ4v) is 4.67. The maximum absolute atomic E-state index is 9.63. The fourth-order valence-electron chi connectivity index (χ4n) is 4.67. The molecule has 0 saturated carbocycles. The average Bonchev–Trinajstić information content (AvgIpc) is 3.12. The Bertz CT molecular complexity index is 969. The Labute approximate surface area is 185 Å². The third-order valence-electron chi connectivity index (χ3n) is 6.25. The third-order valence-corrected chi connectivity index (χ3v) is 6.25. The van der Waals surface area contributed by atoms with Gasteiger partial charge in [0.25, 0.3) is 0 Å². The van der Waals surface area contributed by atoms with Crippen molar-refractivity contribution in [3.63, 3.8) is 0 Å². The summed E-state index contributed by atoms with van der Waals surface area (Å²) >= 11 is 0. The Morgan fingerprint density at radius 2 is 1.77 bits per heavy atom. The molecule has 5 nitrogen and oxygen atoms in total. The van der Waals surface area contributed by atoms with Gasteiger partial charge in [0.15, 0.2) is 0 Å². The molecular weight excluding hydrogens is 384 g/mol. The van der Waals surface area contributed by atoms with Crippen molar-refractivity contribution in [2.75, 3.05) is 32.8 Å². The van der Waals surface area contributed by atoms with Crippen LogP contribution in [0.15, 0.2) is 60.7 Å². The van der Waals surface area contributed by atoms with E-state index in [0.717, 1.165) is 62.6 Å². The first-order valence-electron chi connectivity index (χ1n) is 11.4. The van der Waals surface area contributed by atoms with Crippen molar-refractivity contribution in [2.45, 2.75) is 39.3 Å². The highest BCUT2D eigenvalue weighted by Gasteiger charge is 2.26. The van der Waals surface area contributed by atoms with Gasteiger partial charge in [-0.05, 0) is 56.0 Å². The van der Waals surface area contributed by atoms with Crippen molar-refractivity contribution in [2.24, 2.45) is 0 Å². The molecule has 0 radical (unpaired) electrons. The van der Waals surface area contributed by atoms with Gasteiger partial charge in [0.2, 0.25) is 0 Å². The molecular formula is C26H34N4O. The molecule has 0 amide bonds. The summed E-state index contributed by atoms with van der Waals surface area (Å²) in [6.07, 6.45) is 1.89. The van der Waals surface area contributed by atoms with Crippen LogP contribution in [-0.4, -0.2) is 63.5 Å². The summed E-state index contributed by atoms with van der Waals surface area (Å²) < 4.78 is 2.02. The lowest BCUT2D eigenvalue weighted by molar-refractivity contribution is 0.0562. The van der Waals surface area contributed by atoms with E-state index in [2.05, 4.69) is 82.5 Å². The number of piperazine rings is 1. The van der Waals surface area contributed by atoms with Crippen molar-refractivity contribution in [1.82, 2.24) is 19.6 Å². The fraction of sp³-hybridized carbons (Fsp3) is 0.423. The van der Waals surface area contributed by atoms with Gasteiger partial charge in [0.1, 0.15) is 0 Å². The van der Waals surface area contributed by atoms with E-state index < -0.39 is 0 Å². The normalized spacial score (nSPS) is 17.8. The maximum atomic E-state index is 9.63. The molecule has 0 aliphatic carbocycles. The van der Waals surface area contributed by atoms with Crippen LogP contribution in [-0.2, 0) is 13.0 Å². The van der Waals surface area contributed by atoms with Crippen LogP contribution in [0, 0.1) is 13.8 Å². The largest absolute Gasteiger partial charge is 0.396 e.